The Bertz CT molecular complexity index is 1390. The van der Waals surface area contributed by atoms with Gasteiger partial charge in [-0.05, 0) is 70.6 Å². The van der Waals surface area contributed by atoms with Gasteiger partial charge in [0, 0.05) is 19.3 Å². The number of unbranched alkanes of at least 4 members (excludes halogenated alkanes) is 36. The molecule has 0 aliphatic heterocycles. The van der Waals surface area contributed by atoms with E-state index in [0.717, 1.165) is 96.3 Å². The molecule has 0 aliphatic rings. The maximum absolute atomic E-state index is 12.8. The fourth-order valence-electron chi connectivity index (χ4n) is 9.39. The fourth-order valence-corrected chi connectivity index (χ4v) is 9.39. The zero-order valence-corrected chi connectivity index (χ0v) is 49.8. The Morgan fingerprint density at radius 1 is 0.280 bits per heavy atom. The van der Waals surface area contributed by atoms with Crippen LogP contribution < -0.4 is 0 Å². The van der Waals surface area contributed by atoms with E-state index in [4.69, 9.17) is 14.2 Å². The average molecular weight is 1050 g/mol. The minimum Gasteiger partial charge on any atom is -0.462 e. The summed E-state index contributed by atoms with van der Waals surface area (Å²) in [5.74, 6) is -0.854. The van der Waals surface area contributed by atoms with Crippen LogP contribution in [0.15, 0.2) is 72.9 Å². The van der Waals surface area contributed by atoms with E-state index in [1.54, 1.807) is 0 Å². The van der Waals surface area contributed by atoms with Crippen LogP contribution in [0.4, 0.5) is 0 Å². The minimum atomic E-state index is -0.768. The predicted octanol–water partition coefficient (Wildman–Crippen LogP) is 22.1. The first kappa shape index (κ1) is 71.8. The molecule has 6 nitrogen and oxygen atoms in total. The molecule has 1 atom stereocenters. The molecule has 0 aliphatic carbocycles. The van der Waals surface area contributed by atoms with E-state index < -0.39 is 6.10 Å². The van der Waals surface area contributed by atoms with E-state index in [1.807, 2.05) is 0 Å². The number of hydrogen-bond acceptors (Lipinski definition) is 6. The molecule has 434 valence electrons. The van der Waals surface area contributed by atoms with Gasteiger partial charge < -0.3 is 14.2 Å². The molecule has 0 heterocycles. The maximum atomic E-state index is 12.8. The monoisotopic (exact) mass is 1050 g/mol. The van der Waals surface area contributed by atoms with Crippen LogP contribution in [0.3, 0.4) is 0 Å². The molecule has 0 saturated heterocycles. The van der Waals surface area contributed by atoms with E-state index in [1.165, 1.54) is 193 Å². The Kier molecular flexibility index (Phi) is 60.7. The largest absolute Gasteiger partial charge is 0.462 e. The lowest BCUT2D eigenvalue weighted by atomic mass is 10.0. The van der Waals surface area contributed by atoms with E-state index in [9.17, 15) is 14.4 Å². The van der Waals surface area contributed by atoms with E-state index in [2.05, 4.69) is 93.7 Å². The second kappa shape index (κ2) is 63.4. The van der Waals surface area contributed by atoms with Crippen molar-refractivity contribution in [3.8, 4) is 0 Å². The molecule has 0 rings (SSSR count). The van der Waals surface area contributed by atoms with Crippen LogP contribution in [0.5, 0.6) is 0 Å². The third-order valence-corrected chi connectivity index (χ3v) is 14.2. The highest BCUT2D eigenvalue weighted by Gasteiger charge is 2.19. The molecule has 0 N–H and O–H groups in total. The van der Waals surface area contributed by atoms with Crippen LogP contribution >= 0.6 is 0 Å². The second-order valence-electron chi connectivity index (χ2n) is 21.7. The van der Waals surface area contributed by atoms with Gasteiger partial charge in [-0.25, -0.2) is 0 Å². The smallest absolute Gasteiger partial charge is 0.306 e. The molecule has 0 aromatic carbocycles. The summed E-state index contributed by atoms with van der Waals surface area (Å²) in [4.78, 5) is 38.1. The quantitative estimate of drug-likeness (QED) is 0.0261. The highest BCUT2D eigenvalue weighted by molar-refractivity contribution is 5.71. The number of ether oxygens (including phenoxy) is 3. The topological polar surface area (TPSA) is 78.9 Å². The van der Waals surface area contributed by atoms with Gasteiger partial charge in [0.25, 0.3) is 0 Å². The molecule has 0 aromatic heterocycles. The minimum absolute atomic E-state index is 0.0683. The van der Waals surface area contributed by atoms with Crippen molar-refractivity contribution in [2.24, 2.45) is 0 Å². The summed E-state index contributed by atoms with van der Waals surface area (Å²) in [6, 6.07) is 0. The van der Waals surface area contributed by atoms with Crippen molar-refractivity contribution in [2.45, 2.75) is 335 Å². The molecule has 0 saturated carbocycles. The molecular weight excluding hydrogens is 925 g/mol. The van der Waals surface area contributed by atoms with Crippen molar-refractivity contribution in [1.29, 1.82) is 0 Å². The number of rotatable bonds is 59. The van der Waals surface area contributed by atoms with Crippen molar-refractivity contribution in [3.05, 3.63) is 72.9 Å². The van der Waals surface area contributed by atoms with E-state index in [-0.39, 0.29) is 31.1 Å². The van der Waals surface area contributed by atoms with Crippen molar-refractivity contribution in [2.75, 3.05) is 13.2 Å². The van der Waals surface area contributed by atoms with Crippen LogP contribution in [0.25, 0.3) is 0 Å². The standard InChI is InChI=1S/C69H122O6/c1-4-7-10-13-16-19-21-23-24-25-26-27-28-29-30-31-32-33-34-35-36-37-38-39-40-41-42-43-44-46-47-50-53-56-59-62-68(71)74-65-66(64-73-67(70)61-58-55-52-49-18-15-12-9-6-3)75-69(72)63-60-57-54-51-48-45-22-20-17-14-11-8-5-2/h7,10,16,19,23-24,26-27,29-30,32-33,66H,4-6,8-9,11-15,17-18,20-22,25,28,31,34-65H2,1-3H3/b10-7-,19-16-,24-23-,27-26-,30-29-,33-32-. The molecule has 0 amide bonds. The van der Waals surface area contributed by atoms with Gasteiger partial charge in [-0.15, -0.1) is 0 Å². The van der Waals surface area contributed by atoms with Crippen LogP contribution in [-0.2, 0) is 28.6 Å². The highest BCUT2D eigenvalue weighted by Crippen LogP contribution is 2.17. The van der Waals surface area contributed by atoms with E-state index >= 15 is 0 Å². The second-order valence-corrected chi connectivity index (χ2v) is 21.7. The average Bonchev–Trinajstić information content (AvgIpc) is 3.41. The summed E-state index contributed by atoms with van der Waals surface area (Å²) in [5, 5.41) is 0. The van der Waals surface area contributed by atoms with Crippen LogP contribution in [0, 0.1) is 0 Å². The van der Waals surface area contributed by atoms with Gasteiger partial charge in [-0.3, -0.25) is 14.4 Å². The maximum Gasteiger partial charge on any atom is 0.306 e. The summed E-state index contributed by atoms with van der Waals surface area (Å²) in [6.45, 7) is 6.54. The van der Waals surface area contributed by atoms with Crippen molar-refractivity contribution in [1.82, 2.24) is 0 Å². The SMILES string of the molecule is CC/C=C\C/C=C\C/C=C\C/C=C\C/C=C\C/C=C\CCCCCCCCCCCCCCCCCCC(=O)OCC(COC(=O)CCCCCCCCCCC)OC(=O)CCCCCCCCCCCCCCC. The number of allylic oxidation sites excluding steroid dienone is 12. The molecule has 75 heavy (non-hydrogen) atoms. The molecule has 0 aromatic rings. The molecule has 0 bridgehead atoms. The van der Waals surface area contributed by atoms with Crippen LogP contribution in [0.2, 0.25) is 0 Å². The Labute approximate surface area is 465 Å². The third kappa shape index (κ3) is 61.6. The summed E-state index contributed by atoms with van der Waals surface area (Å²) in [5.41, 5.74) is 0. The van der Waals surface area contributed by atoms with Gasteiger partial charge >= 0.3 is 17.9 Å². The van der Waals surface area contributed by atoms with Crippen molar-refractivity contribution in [3.63, 3.8) is 0 Å². The summed E-state index contributed by atoms with van der Waals surface area (Å²) >= 11 is 0. The Hall–Kier alpha value is -3.15. The van der Waals surface area contributed by atoms with Gasteiger partial charge in [0.2, 0.25) is 0 Å². The van der Waals surface area contributed by atoms with Crippen molar-refractivity contribution < 1.29 is 28.6 Å². The molecule has 1 unspecified atom stereocenters. The number of hydrogen-bond donors (Lipinski definition) is 0. The summed E-state index contributed by atoms with van der Waals surface area (Å²) < 4.78 is 16.9. The van der Waals surface area contributed by atoms with Gasteiger partial charge in [0.15, 0.2) is 6.10 Å². The van der Waals surface area contributed by atoms with Gasteiger partial charge in [-0.1, -0.05) is 312 Å². The lowest BCUT2D eigenvalue weighted by Crippen LogP contribution is -2.30. The summed E-state index contributed by atoms with van der Waals surface area (Å²) in [6.07, 6.45) is 82.2. The third-order valence-electron chi connectivity index (χ3n) is 14.2. The van der Waals surface area contributed by atoms with E-state index in [0.29, 0.717) is 19.3 Å². The molecule has 0 radical (unpaired) electrons. The Balaban J connectivity index is 4.01. The van der Waals surface area contributed by atoms with Gasteiger partial charge in [0.1, 0.15) is 13.2 Å². The van der Waals surface area contributed by atoms with Crippen molar-refractivity contribution >= 4 is 17.9 Å². The fraction of sp³-hybridized carbons (Fsp3) is 0.783. The first-order valence-electron chi connectivity index (χ1n) is 32.4. The normalized spacial score (nSPS) is 12.5. The van der Waals surface area contributed by atoms with Gasteiger partial charge in [0.05, 0.1) is 0 Å². The Morgan fingerprint density at radius 2 is 0.520 bits per heavy atom. The predicted molar refractivity (Wildman–Crippen MR) is 325 cm³/mol. The highest BCUT2D eigenvalue weighted by atomic mass is 16.6. The zero-order chi connectivity index (χ0) is 54.3. The number of carbonyl (C=O) groups is 3. The molecule has 0 fully saturated rings. The van der Waals surface area contributed by atoms with Crippen LogP contribution in [-0.4, -0.2) is 37.2 Å². The van der Waals surface area contributed by atoms with Crippen LogP contribution in [0.1, 0.15) is 329 Å². The lowest BCUT2D eigenvalue weighted by Gasteiger charge is -2.18. The number of carbonyl (C=O) groups excluding carboxylic acids is 3. The number of esters is 3. The Morgan fingerprint density at radius 3 is 0.813 bits per heavy atom. The first-order valence-corrected chi connectivity index (χ1v) is 32.4. The van der Waals surface area contributed by atoms with Gasteiger partial charge in [-0.2, -0.15) is 0 Å². The first-order chi connectivity index (χ1) is 37.0. The summed E-state index contributed by atoms with van der Waals surface area (Å²) in [7, 11) is 0. The zero-order valence-electron chi connectivity index (χ0n) is 49.8. The molecular formula is C69H122O6. The molecule has 6 heteroatoms. The molecule has 0 spiro atoms. The lowest BCUT2D eigenvalue weighted by molar-refractivity contribution is -0.167.